The third kappa shape index (κ3) is 4.02. The van der Waals surface area contributed by atoms with Crippen LogP contribution in [-0.4, -0.2) is 44.9 Å². The summed E-state index contributed by atoms with van der Waals surface area (Å²) in [5, 5.41) is 2.82. The van der Waals surface area contributed by atoms with Gasteiger partial charge in [-0.3, -0.25) is 4.79 Å². The van der Waals surface area contributed by atoms with Gasteiger partial charge in [0.2, 0.25) is 5.91 Å². The molecule has 3 rings (SSSR count). The fourth-order valence-corrected chi connectivity index (χ4v) is 6.17. The molecule has 4 nitrogen and oxygen atoms in total. The van der Waals surface area contributed by atoms with Gasteiger partial charge in [0, 0.05) is 42.5 Å². The Morgan fingerprint density at radius 2 is 2.21 bits per heavy atom. The zero-order valence-corrected chi connectivity index (χ0v) is 16.6. The molecule has 0 saturated carbocycles. The van der Waals surface area contributed by atoms with E-state index in [0.29, 0.717) is 16.3 Å². The number of amides is 1. The molecule has 7 heteroatoms. The number of fused-ring (bicyclic) bond motifs is 3. The lowest BCUT2D eigenvalue weighted by Crippen LogP contribution is -2.42. The summed E-state index contributed by atoms with van der Waals surface area (Å²) < 4.78 is 0. The molecule has 1 amide bonds. The topological polar surface area (TPSA) is 46.1 Å². The molecule has 0 spiro atoms. The summed E-state index contributed by atoms with van der Waals surface area (Å²) in [5.74, 6) is 1.59. The summed E-state index contributed by atoms with van der Waals surface area (Å²) in [6.45, 7) is 5.46. The van der Waals surface area contributed by atoms with E-state index in [1.165, 1.54) is 25.7 Å². The highest BCUT2D eigenvalue weighted by Gasteiger charge is 2.41. The first kappa shape index (κ1) is 18.3. The maximum atomic E-state index is 11.6. The van der Waals surface area contributed by atoms with Crippen LogP contribution in [0.25, 0.3) is 0 Å². The third-order valence-corrected chi connectivity index (χ3v) is 7.25. The number of carbonyl (C=O) groups is 1. The Bertz CT molecular complexity index is 614. The van der Waals surface area contributed by atoms with E-state index in [9.17, 15) is 4.79 Å². The smallest absolute Gasteiger partial charge is 0.219 e. The molecule has 2 atom stereocenters. The minimum atomic E-state index is 0.158. The van der Waals surface area contributed by atoms with Gasteiger partial charge in [-0.1, -0.05) is 49.5 Å². The second kappa shape index (κ2) is 8.28. The van der Waals surface area contributed by atoms with Crippen LogP contribution >= 0.6 is 35.1 Å². The quantitative estimate of drug-likeness (QED) is 0.309. The Balaban J connectivity index is 1.66. The lowest BCUT2D eigenvalue weighted by atomic mass is 9.91. The van der Waals surface area contributed by atoms with Gasteiger partial charge in [0.25, 0.3) is 0 Å². The first-order valence-corrected chi connectivity index (χ1v) is 11.0. The van der Waals surface area contributed by atoms with Crippen molar-refractivity contribution < 1.29 is 4.79 Å². The minimum absolute atomic E-state index is 0.158. The Morgan fingerprint density at radius 3 is 2.96 bits per heavy atom. The number of carbonyl (C=O) groups excluding carboxylic acids is 1. The molecule has 132 valence electrons. The number of thioether (sulfide) groups is 2. The molecule has 24 heavy (non-hydrogen) atoms. The zero-order chi connectivity index (χ0) is 17.1. The van der Waals surface area contributed by atoms with Crippen LogP contribution in [0.4, 0.5) is 0 Å². The van der Waals surface area contributed by atoms with Crippen molar-refractivity contribution in [3.8, 4) is 0 Å². The van der Waals surface area contributed by atoms with Gasteiger partial charge < -0.3 is 4.90 Å². The predicted octanol–water partition coefficient (Wildman–Crippen LogP) is 4.61. The van der Waals surface area contributed by atoms with Crippen LogP contribution in [0.2, 0.25) is 5.15 Å². The van der Waals surface area contributed by atoms with Crippen molar-refractivity contribution in [2.45, 2.75) is 67.3 Å². The standard InChI is InChI=1S/C17H24ClN3OS2/c1-3-4-5-6-9-23-17-19-15(18)14-12-7-8-21(11(2)22)10-13(12)24-16(14)20-17/h12-13H,3-10H2,1-2H3. The van der Waals surface area contributed by atoms with E-state index in [0.717, 1.165) is 41.0 Å². The van der Waals surface area contributed by atoms with Gasteiger partial charge in [0.05, 0.1) is 0 Å². The lowest BCUT2D eigenvalue weighted by Gasteiger charge is -2.33. The molecule has 3 heterocycles. The van der Waals surface area contributed by atoms with Gasteiger partial charge >= 0.3 is 0 Å². The maximum absolute atomic E-state index is 11.6. The Hall–Kier alpha value is -0.460. The number of piperidine rings is 1. The van der Waals surface area contributed by atoms with Crippen LogP contribution in [-0.2, 0) is 4.79 Å². The van der Waals surface area contributed by atoms with E-state index >= 15 is 0 Å². The summed E-state index contributed by atoms with van der Waals surface area (Å²) >= 11 is 9.98. The Labute approximate surface area is 157 Å². The summed E-state index contributed by atoms with van der Waals surface area (Å²) in [7, 11) is 0. The van der Waals surface area contributed by atoms with E-state index in [1.807, 2.05) is 4.90 Å². The van der Waals surface area contributed by atoms with Crippen molar-refractivity contribution >= 4 is 41.0 Å². The summed E-state index contributed by atoms with van der Waals surface area (Å²) in [5.41, 5.74) is 1.12. The lowest BCUT2D eigenvalue weighted by molar-refractivity contribution is -0.129. The molecule has 0 aromatic carbocycles. The van der Waals surface area contributed by atoms with Gasteiger partial charge in [0.1, 0.15) is 10.2 Å². The number of hydrogen-bond acceptors (Lipinski definition) is 5. The van der Waals surface area contributed by atoms with E-state index in [2.05, 4.69) is 11.9 Å². The van der Waals surface area contributed by atoms with Crippen molar-refractivity contribution in [3.05, 3.63) is 10.7 Å². The number of nitrogens with zero attached hydrogens (tertiary/aromatic N) is 3. The van der Waals surface area contributed by atoms with Crippen LogP contribution in [0.5, 0.6) is 0 Å². The predicted molar refractivity (Wildman–Crippen MR) is 101 cm³/mol. The number of hydrogen-bond donors (Lipinski definition) is 0. The molecule has 2 aliphatic heterocycles. The molecule has 1 fully saturated rings. The van der Waals surface area contributed by atoms with E-state index in [-0.39, 0.29) is 5.91 Å². The zero-order valence-electron chi connectivity index (χ0n) is 14.3. The molecule has 2 unspecified atom stereocenters. The summed E-state index contributed by atoms with van der Waals surface area (Å²) in [6.07, 6.45) is 5.96. The average molecular weight is 386 g/mol. The monoisotopic (exact) mass is 385 g/mol. The molecule has 1 aromatic rings. The first-order valence-electron chi connectivity index (χ1n) is 8.72. The van der Waals surface area contributed by atoms with Crippen molar-refractivity contribution in [1.82, 2.24) is 14.9 Å². The van der Waals surface area contributed by atoms with Crippen molar-refractivity contribution in [1.29, 1.82) is 0 Å². The summed E-state index contributed by atoms with van der Waals surface area (Å²) in [4.78, 5) is 22.9. The molecule has 0 radical (unpaired) electrons. The second-order valence-electron chi connectivity index (χ2n) is 6.44. The highest BCUT2D eigenvalue weighted by molar-refractivity contribution is 8.00. The number of halogens is 1. The molecule has 1 saturated heterocycles. The molecule has 0 bridgehead atoms. The van der Waals surface area contributed by atoms with Crippen LogP contribution in [0.1, 0.15) is 57.4 Å². The van der Waals surface area contributed by atoms with Crippen molar-refractivity contribution in [2.24, 2.45) is 0 Å². The number of likely N-dealkylation sites (tertiary alicyclic amines) is 1. The number of aromatic nitrogens is 2. The fraction of sp³-hybridized carbons (Fsp3) is 0.706. The largest absolute Gasteiger partial charge is 0.342 e. The fourth-order valence-electron chi connectivity index (χ4n) is 3.36. The van der Waals surface area contributed by atoms with Gasteiger partial charge in [-0.2, -0.15) is 0 Å². The molecular weight excluding hydrogens is 362 g/mol. The Morgan fingerprint density at radius 1 is 1.38 bits per heavy atom. The van der Waals surface area contributed by atoms with Gasteiger partial charge in [0.15, 0.2) is 5.16 Å². The summed E-state index contributed by atoms with van der Waals surface area (Å²) in [6, 6.07) is 0. The SMILES string of the molecule is CCCCCCSc1nc(Cl)c2c(n1)SC1CN(C(C)=O)CCC21. The van der Waals surface area contributed by atoms with E-state index in [1.54, 1.807) is 30.4 Å². The van der Waals surface area contributed by atoms with Crippen LogP contribution < -0.4 is 0 Å². The molecule has 2 aliphatic rings. The first-order chi connectivity index (χ1) is 11.6. The molecule has 1 aromatic heterocycles. The van der Waals surface area contributed by atoms with Crippen LogP contribution in [0, 0.1) is 0 Å². The van der Waals surface area contributed by atoms with Gasteiger partial charge in [-0.15, -0.1) is 11.8 Å². The molecule has 0 aliphatic carbocycles. The van der Waals surface area contributed by atoms with Gasteiger partial charge in [-0.25, -0.2) is 9.97 Å². The third-order valence-electron chi connectivity index (χ3n) is 4.71. The van der Waals surface area contributed by atoms with E-state index in [4.69, 9.17) is 16.6 Å². The van der Waals surface area contributed by atoms with Crippen molar-refractivity contribution in [3.63, 3.8) is 0 Å². The highest BCUT2D eigenvalue weighted by Crippen LogP contribution is 2.50. The highest BCUT2D eigenvalue weighted by atomic mass is 35.5. The van der Waals surface area contributed by atoms with Gasteiger partial charge in [-0.05, 0) is 12.8 Å². The molecule has 0 N–H and O–H groups in total. The normalized spacial score (nSPS) is 22.4. The number of unbranched alkanes of at least 4 members (excludes halogenated alkanes) is 3. The van der Waals surface area contributed by atoms with E-state index < -0.39 is 0 Å². The maximum Gasteiger partial charge on any atom is 0.219 e. The average Bonchev–Trinajstić information content (AvgIpc) is 2.92. The molecular formula is C17H24ClN3OS2. The Kier molecular flexibility index (Phi) is 6.33. The van der Waals surface area contributed by atoms with Crippen molar-refractivity contribution in [2.75, 3.05) is 18.8 Å². The van der Waals surface area contributed by atoms with Crippen LogP contribution in [0.15, 0.2) is 10.2 Å². The minimum Gasteiger partial charge on any atom is -0.342 e. The van der Waals surface area contributed by atoms with Crippen LogP contribution in [0.3, 0.4) is 0 Å². The number of rotatable bonds is 6. The second-order valence-corrected chi connectivity index (χ2v) is 9.09.